The normalized spacial score (nSPS) is 13.8. The molecule has 90 valence electrons. The van der Waals surface area contributed by atoms with Gasteiger partial charge in [0.15, 0.2) is 0 Å². The van der Waals surface area contributed by atoms with Crippen LogP contribution in [0.1, 0.15) is 12.5 Å². The molecule has 0 heterocycles. The Labute approximate surface area is 100 Å². The molecule has 4 nitrogen and oxygen atoms in total. The molecule has 0 unspecified atom stereocenters. The summed E-state index contributed by atoms with van der Waals surface area (Å²) in [5.41, 5.74) is 0.502. The molecule has 6 heteroatoms. The van der Waals surface area contributed by atoms with Gasteiger partial charge in [-0.15, -0.1) is 0 Å². The number of rotatable bonds is 4. The number of hydrogen-bond donors (Lipinski definition) is 2. The summed E-state index contributed by atoms with van der Waals surface area (Å²) in [5, 5.41) is 9.22. The van der Waals surface area contributed by atoms with Crippen LogP contribution < -0.4 is 4.72 Å². The molecule has 0 aliphatic rings. The minimum absolute atomic E-state index is 0.139. The van der Waals surface area contributed by atoms with Crippen LogP contribution in [0.5, 0.6) is 0 Å². The van der Waals surface area contributed by atoms with Gasteiger partial charge in [0.2, 0.25) is 10.0 Å². The average Bonchev–Trinajstić information content (AvgIpc) is 2.21. The molecule has 0 bridgehead atoms. The van der Waals surface area contributed by atoms with Crippen LogP contribution in [-0.2, 0) is 10.0 Å². The Morgan fingerprint density at radius 1 is 1.50 bits per heavy atom. The maximum Gasteiger partial charge on any atom is 0.241 e. The second-order valence-electron chi connectivity index (χ2n) is 3.57. The summed E-state index contributed by atoms with van der Waals surface area (Å²) in [7, 11) is -3.62. The van der Waals surface area contributed by atoms with Crippen molar-refractivity contribution in [2.24, 2.45) is 0 Å². The Bertz CT molecular complexity index is 473. The molecule has 1 atom stereocenters. The first-order chi connectivity index (χ1) is 7.38. The molecule has 0 saturated carbocycles. The summed E-state index contributed by atoms with van der Waals surface area (Å²) >= 11 is 5.85. The molecule has 0 aromatic heterocycles. The monoisotopic (exact) mass is 263 g/mol. The predicted molar refractivity (Wildman–Crippen MR) is 63.1 cm³/mol. The molecule has 0 amide bonds. The number of halogens is 1. The molecule has 1 rings (SSSR count). The molecule has 2 N–H and O–H groups in total. The van der Waals surface area contributed by atoms with Gasteiger partial charge in [-0.3, -0.25) is 0 Å². The third kappa shape index (κ3) is 2.95. The van der Waals surface area contributed by atoms with E-state index in [0.717, 1.165) is 0 Å². The van der Waals surface area contributed by atoms with E-state index < -0.39 is 16.1 Å². The van der Waals surface area contributed by atoms with Crippen molar-refractivity contribution in [3.8, 4) is 0 Å². The average molecular weight is 264 g/mol. The Hall–Kier alpha value is -0.620. The van der Waals surface area contributed by atoms with Gasteiger partial charge in [-0.1, -0.05) is 17.7 Å². The van der Waals surface area contributed by atoms with Crippen molar-refractivity contribution >= 4 is 21.6 Å². The van der Waals surface area contributed by atoms with Crippen LogP contribution in [0.3, 0.4) is 0 Å². The maximum absolute atomic E-state index is 11.9. The molecule has 0 aliphatic heterocycles. The first kappa shape index (κ1) is 13.4. The van der Waals surface area contributed by atoms with E-state index in [4.69, 9.17) is 16.7 Å². The summed E-state index contributed by atoms with van der Waals surface area (Å²) in [6.07, 6.45) is 0. The number of hydrogen-bond acceptors (Lipinski definition) is 3. The van der Waals surface area contributed by atoms with Gasteiger partial charge < -0.3 is 5.11 Å². The van der Waals surface area contributed by atoms with Gasteiger partial charge in [0.25, 0.3) is 0 Å². The first-order valence-corrected chi connectivity index (χ1v) is 6.63. The fourth-order valence-corrected chi connectivity index (χ4v) is 2.98. The lowest BCUT2D eigenvalue weighted by Crippen LogP contribution is -2.35. The number of sulfonamides is 1. The highest BCUT2D eigenvalue weighted by molar-refractivity contribution is 7.89. The molecular formula is C10H14ClNO3S. The van der Waals surface area contributed by atoms with Crippen LogP contribution in [0.2, 0.25) is 5.02 Å². The third-order valence-electron chi connectivity index (χ3n) is 2.14. The Morgan fingerprint density at radius 3 is 2.69 bits per heavy atom. The van der Waals surface area contributed by atoms with E-state index in [1.165, 1.54) is 6.07 Å². The first-order valence-electron chi connectivity index (χ1n) is 4.77. The lowest BCUT2D eigenvalue weighted by molar-refractivity contribution is 0.265. The van der Waals surface area contributed by atoms with Crippen molar-refractivity contribution in [1.82, 2.24) is 4.72 Å². The minimum Gasteiger partial charge on any atom is -0.395 e. The molecule has 0 saturated heterocycles. The maximum atomic E-state index is 11.9. The lowest BCUT2D eigenvalue weighted by atomic mass is 10.2. The second-order valence-corrected chi connectivity index (χ2v) is 5.66. The zero-order valence-electron chi connectivity index (χ0n) is 9.07. The lowest BCUT2D eigenvalue weighted by Gasteiger charge is -2.13. The van der Waals surface area contributed by atoms with Crippen LogP contribution >= 0.6 is 11.6 Å². The number of benzene rings is 1. The third-order valence-corrected chi connectivity index (χ3v) is 4.28. The van der Waals surface area contributed by atoms with Crippen LogP contribution in [-0.4, -0.2) is 26.2 Å². The smallest absolute Gasteiger partial charge is 0.241 e. The highest BCUT2D eigenvalue weighted by atomic mass is 35.5. The van der Waals surface area contributed by atoms with Crippen molar-refractivity contribution < 1.29 is 13.5 Å². The fraction of sp³-hybridized carbons (Fsp3) is 0.400. The van der Waals surface area contributed by atoms with Crippen molar-refractivity contribution in [1.29, 1.82) is 0 Å². The fourth-order valence-electron chi connectivity index (χ4n) is 1.24. The van der Waals surface area contributed by atoms with E-state index in [1.54, 1.807) is 26.0 Å². The second kappa shape index (κ2) is 5.14. The zero-order chi connectivity index (χ0) is 12.3. The van der Waals surface area contributed by atoms with E-state index in [-0.39, 0.29) is 11.5 Å². The van der Waals surface area contributed by atoms with Crippen molar-refractivity contribution in [2.45, 2.75) is 24.8 Å². The number of aliphatic hydroxyl groups excluding tert-OH is 1. The Balaban J connectivity index is 3.13. The van der Waals surface area contributed by atoms with Gasteiger partial charge in [-0.25, -0.2) is 13.1 Å². The van der Waals surface area contributed by atoms with Crippen molar-refractivity contribution in [2.75, 3.05) is 6.61 Å². The van der Waals surface area contributed by atoms with Crippen LogP contribution in [0.15, 0.2) is 23.1 Å². The van der Waals surface area contributed by atoms with E-state index in [2.05, 4.69) is 4.72 Å². The molecule has 0 fully saturated rings. The van der Waals surface area contributed by atoms with Gasteiger partial charge >= 0.3 is 0 Å². The summed E-state index contributed by atoms with van der Waals surface area (Å²) < 4.78 is 26.1. The largest absolute Gasteiger partial charge is 0.395 e. The summed E-state index contributed by atoms with van der Waals surface area (Å²) in [6, 6.07) is 4.16. The molecule has 0 aliphatic carbocycles. The van der Waals surface area contributed by atoms with Crippen LogP contribution in [0.25, 0.3) is 0 Å². The number of aliphatic hydroxyl groups is 1. The summed E-state index contributed by atoms with van der Waals surface area (Å²) in [5.74, 6) is 0. The van der Waals surface area contributed by atoms with Gasteiger partial charge in [0, 0.05) is 11.1 Å². The van der Waals surface area contributed by atoms with E-state index in [9.17, 15) is 8.42 Å². The molecule has 1 aromatic rings. The van der Waals surface area contributed by atoms with E-state index in [0.29, 0.717) is 10.6 Å². The van der Waals surface area contributed by atoms with Gasteiger partial charge in [-0.2, -0.15) is 0 Å². The van der Waals surface area contributed by atoms with Crippen molar-refractivity contribution in [3.63, 3.8) is 0 Å². The summed E-state index contributed by atoms with van der Waals surface area (Å²) in [4.78, 5) is 0.139. The molecular weight excluding hydrogens is 250 g/mol. The van der Waals surface area contributed by atoms with E-state index in [1.807, 2.05) is 0 Å². The molecule has 0 spiro atoms. The Morgan fingerprint density at radius 2 is 2.12 bits per heavy atom. The van der Waals surface area contributed by atoms with Gasteiger partial charge in [-0.05, 0) is 31.5 Å². The zero-order valence-corrected chi connectivity index (χ0v) is 10.6. The highest BCUT2D eigenvalue weighted by Gasteiger charge is 2.19. The molecule has 0 radical (unpaired) electrons. The van der Waals surface area contributed by atoms with Crippen LogP contribution in [0, 0.1) is 6.92 Å². The SMILES string of the molecule is Cc1c(Cl)cccc1S(=O)(=O)N[C@H](C)CO. The van der Waals surface area contributed by atoms with Gasteiger partial charge in [0.1, 0.15) is 0 Å². The summed E-state index contributed by atoms with van der Waals surface area (Å²) in [6.45, 7) is 2.97. The Kier molecular flexibility index (Phi) is 4.32. The van der Waals surface area contributed by atoms with Crippen molar-refractivity contribution in [3.05, 3.63) is 28.8 Å². The topological polar surface area (TPSA) is 66.4 Å². The van der Waals surface area contributed by atoms with Gasteiger partial charge in [0.05, 0.1) is 11.5 Å². The molecule has 1 aromatic carbocycles. The highest BCUT2D eigenvalue weighted by Crippen LogP contribution is 2.22. The molecule has 16 heavy (non-hydrogen) atoms. The standard InChI is InChI=1S/C10H14ClNO3S/c1-7(6-13)12-16(14,15)10-5-3-4-9(11)8(10)2/h3-5,7,12-13H,6H2,1-2H3/t7-/m1/s1. The minimum atomic E-state index is -3.62. The predicted octanol–water partition coefficient (Wildman–Crippen LogP) is 1.31. The quantitative estimate of drug-likeness (QED) is 0.861. The number of nitrogens with one attached hydrogen (secondary N) is 1. The van der Waals surface area contributed by atoms with Crippen LogP contribution in [0.4, 0.5) is 0 Å². The van der Waals surface area contributed by atoms with E-state index >= 15 is 0 Å².